The molecule has 1 aromatic heterocycles. The smallest absolute Gasteiger partial charge is 0.397 e. The zero-order valence-electron chi connectivity index (χ0n) is 9.95. The molecule has 0 amide bonds. The Morgan fingerprint density at radius 1 is 1.56 bits per heavy atom. The van der Waals surface area contributed by atoms with E-state index in [0.29, 0.717) is 0 Å². The first-order valence-corrected chi connectivity index (χ1v) is 6.37. The summed E-state index contributed by atoms with van der Waals surface area (Å²) in [5.41, 5.74) is 11.0. The average molecular weight is 272 g/mol. The van der Waals surface area contributed by atoms with Gasteiger partial charge in [-0.15, -0.1) is 12.3 Å². The molecule has 0 saturated carbocycles. The maximum absolute atomic E-state index is 11.5. The Balaban J connectivity index is 3.74. The van der Waals surface area contributed by atoms with Crippen LogP contribution < -0.4 is 15.4 Å². The summed E-state index contributed by atoms with van der Waals surface area (Å²) >= 11 is 0. The number of rotatable bonds is 3. The van der Waals surface area contributed by atoms with Crippen LogP contribution in [-0.4, -0.2) is 31.5 Å². The fraction of sp³-hybridized carbons (Fsp3) is 0.333. The number of hydrogen-bond acceptors (Lipinski definition) is 6. The van der Waals surface area contributed by atoms with Crippen molar-refractivity contribution >= 4 is 27.6 Å². The normalized spacial score (nSPS) is 14.8. The number of pyridine rings is 1. The molecule has 0 saturated heterocycles. The van der Waals surface area contributed by atoms with Crippen LogP contribution in [0.15, 0.2) is 6.07 Å². The van der Waals surface area contributed by atoms with Crippen LogP contribution in [0.2, 0.25) is 0 Å². The van der Waals surface area contributed by atoms with Gasteiger partial charge in [0, 0.05) is 6.07 Å². The molecule has 0 spiro atoms. The van der Waals surface area contributed by atoms with Gasteiger partial charge in [0.15, 0.2) is 5.56 Å². The van der Waals surface area contributed by atoms with Gasteiger partial charge >= 0.3 is 10.3 Å². The van der Waals surface area contributed by atoms with Crippen molar-refractivity contribution in [1.29, 1.82) is 5.26 Å². The molecule has 1 rings (SSSR count). The molecule has 1 aromatic rings. The van der Waals surface area contributed by atoms with Gasteiger partial charge < -0.3 is 11.5 Å². The van der Waals surface area contributed by atoms with Crippen LogP contribution in [0, 0.1) is 11.3 Å². The molecule has 1 heterocycles. The molecule has 5 N–H and O–H groups in total. The Hall–Kier alpha value is -1.89. The van der Waals surface area contributed by atoms with E-state index in [1.165, 1.54) is 20.0 Å². The van der Waals surface area contributed by atoms with Crippen LogP contribution in [0.4, 0.5) is 17.3 Å². The minimum atomic E-state index is -4.52. The third-order valence-corrected chi connectivity index (χ3v) is 4.17. The summed E-state index contributed by atoms with van der Waals surface area (Å²) < 4.78 is 31.3. The quantitative estimate of drug-likeness (QED) is 0.514. The third-order valence-electron chi connectivity index (χ3n) is 2.72. The van der Waals surface area contributed by atoms with Crippen LogP contribution in [0.25, 0.3) is 0 Å². The Kier molecular flexibility index (Phi) is 3.47. The van der Waals surface area contributed by atoms with Crippen molar-refractivity contribution in [3.63, 3.8) is 0 Å². The van der Waals surface area contributed by atoms with E-state index in [4.69, 9.17) is 16.7 Å². The van der Waals surface area contributed by atoms with Crippen LogP contribution in [-0.2, 0) is 10.3 Å². The van der Waals surface area contributed by atoms with Gasteiger partial charge in [0.1, 0.15) is 11.9 Å². The molecule has 98 valence electrons. The van der Waals surface area contributed by atoms with E-state index in [-0.39, 0.29) is 29.4 Å². The van der Waals surface area contributed by atoms with Crippen LogP contribution in [0.3, 0.4) is 0 Å². The van der Waals surface area contributed by atoms with Crippen molar-refractivity contribution in [3.8, 4) is 6.07 Å². The van der Waals surface area contributed by atoms with Gasteiger partial charge in [-0.2, -0.15) is 10.2 Å². The number of nitriles is 1. The van der Waals surface area contributed by atoms with Crippen molar-refractivity contribution in [2.45, 2.75) is 6.92 Å². The molecule has 0 radical (unpaired) electrons. The maximum atomic E-state index is 11.5. The standard InChI is InChI=1S/C9H13N5O3S/c1-3-14(2,18(15,16)17)9-6(5-10)7(11)4-8(12)13-9/h4H,3H2,1-2H3,(H4-,11,12,13,15,16,17)/p+1. The minimum absolute atomic E-state index is 0.0152. The van der Waals surface area contributed by atoms with E-state index in [2.05, 4.69) is 4.98 Å². The Labute approximate surface area is 105 Å². The van der Waals surface area contributed by atoms with Crippen LogP contribution in [0.1, 0.15) is 12.5 Å². The largest absolute Gasteiger partial charge is 0.438 e. The molecular formula is C9H14N5O3S+. The van der Waals surface area contributed by atoms with Gasteiger partial charge in [0.2, 0.25) is 0 Å². The molecule has 0 fully saturated rings. The van der Waals surface area contributed by atoms with Crippen molar-refractivity contribution in [2.24, 2.45) is 0 Å². The molecule has 1 unspecified atom stereocenters. The van der Waals surface area contributed by atoms with E-state index in [1.54, 1.807) is 6.07 Å². The fourth-order valence-electron chi connectivity index (χ4n) is 1.45. The number of anilines is 2. The van der Waals surface area contributed by atoms with Gasteiger partial charge in [-0.3, -0.25) is 0 Å². The summed E-state index contributed by atoms with van der Waals surface area (Å²) in [7, 11) is -3.32. The summed E-state index contributed by atoms with van der Waals surface area (Å²) in [5, 5.41) is 9.02. The molecule has 0 aromatic carbocycles. The number of nitrogens with zero attached hydrogens (tertiary/aromatic N) is 3. The highest BCUT2D eigenvalue weighted by Crippen LogP contribution is 2.31. The summed E-state index contributed by atoms with van der Waals surface area (Å²) in [6, 6.07) is 3.02. The van der Waals surface area contributed by atoms with Gasteiger partial charge in [-0.05, 0) is 6.92 Å². The summed E-state index contributed by atoms with van der Waals surface area (Å²) in [6.07, 6.45) is 0. The molecule has 0 aliphatic carbocycles. The predicted molar refractivity (Wildman–Crippen MR) is 67.6 cm³/mol. The van der Waals surface area contributed by atoms with Crippen molar-refractivity contribution in [3.05, 3.63) is 11.6 Å². The molecule has 0 aliphatic heterocycles. The first-order chi connectivity index (χ1) is 8.17. The second-order valence-corrected chi connectivity index (χ2v) is 5.51. The number of nitrogen functional groups attached to an aromatic ring is 2. The highest BCUT2D eigenvalue weighted by Gasteiger charge is 2.41. The highest BCUT2D eigenvalue weighted by atomic mass is 32.2. The SMILES string of the molecule is CC[N+](C)(c1nc(N)cc(N)c1C#N)S(=O)(=O)O. The number of quaternary nitrogens is 1. The van der Waals surface area contributed by atoms with E-state index < -0.39 is 14.2 Å². The van der Waals surface area contributed by atoms with E-state index in [1.807, 2.05) is 0 Å². The van der Waals surface area contributed by atoms with Crippen molar-refractivity contribution in [1.82, 2.24) is 8.87 Å². The zero-order valence-corrected chi connectivity index (χ0v) is 10.8. The van der Waals surface area contributed by atoms with Gasteiger partial charge in [-0.1, -0.05) is 0 Å². The first kappa shape index (κ1) is 14.2. The van der Waals surface area contributed by atoms with E-state index in [0.717, 1.165) is 0 Å². The van der Waals surface area contributed by atoms with Gasteiger partial charge in [-0.25, -0.2) is 4.55 Å². The van der Waals surface area contributed by atoms with Crippen molar-refractivity contribution in [2.75, 3.05) is 25.1 Å². The Bertz CT molecular complexity index is 622. The summed E-state index contributed by atoms with van der Waals surface area (Å²) in [6.45, 7) is 1.49. The predicted octanol–water partition coefficient (Wildman–Crippen LogP) is -0.123. The molecule has 18 heavy (non-hydrogen) atoms. The monoisotopic (exact) mass is 272 g/mol. The lowest BCUT2D eigenvalue weighted by Crippen LogP contribution is -2.51. The van der Waals surface area contributed by atoms with Crippen LogP contribution in [0.5, 0.6) is 0 Å². The highest BCUT2D eigenvalue weighted by molar-refractivity contribution is 7.85. The number of hydrogen-bond donors (Lipinski definition) is 3. The molecule has 9 heteroatoms. The number of aromatic nitrogens is 1. The maximum Gasteiger partial charge on any atom is 0.438 e. The lowest BCUT2D eigenvalue weighted by Gasteiger charge is -2.27. The molecule has 1 atom stereocenters. The topological polar surface area (TPSA) is 143 Å². The first-order valence-electron chi connectivity index (χ1n) is 4.97. The van der Waals surface area contributed by atoms with Crippen LogP contribution >= 0.6 is 0 Å². The third kappa shape index (κ3) is 2.08. The minimum Gasteiger partial charge on any atom is -0.397 e. The fourth-order valence-corrected chi connectivity index (χ4v) is 2.13. The van der Waals surface area contributed by atoms with E-state index >= 15 is 0 Å². The second-order valence-electron chi connectivity index (χ2n) is 3.81. The number of nitrogens with two attached hydrogens (primary N) is 2. The molecule has 0 bridgehead atoms. The lowest BCUT2D eigenvalue weighted by atomic mass is 10.2. The lowest BCUT2D eigenvalue weighted by molar-refractivity contribution is 0.387. The van der Waals surface area contributed by atoms with Crippen molar-refractivity contribution < 1.29 is 13.0 Å². The van der Waals surface area contributed by atoms with E-state index in [9.17, 15) is 13.0 Å². The summed E-state index contributed by atoms with van der Waals surface area (Å²) in [4.78, 5) is 3.82. The molecular weight excluding hydrogens is 258 g/mol. The Morgan fingerprint density at radius 3 is 2.50 bits per heavy atom. The zero-order chi connectivity index (χ0) is 14.1. The molecule has 8 nitrogen and oxygen atoms in total. The van der Waals surface area contributed by atoms with Gasteiger partial charge in [0.05, 0.1) is 19.3 Å². The summed E-state index contributed by atoms with van der Waals surface area (Å²) in [5.74, 6) is -0.219. The second kappa shape index (κ2) is 4.41. The van der Waals surface area contributed by atoms with Gasteiger partial charge in [0.25, 0.3) is 5.82 Å². The Morgan fingerprint density at radius 2 is 2.11 bits per heavy atom. The molecule has 0 aliphatic rings. The average Bonchev–Trinajstić information content (AvgIpc) is 2.25.